The lowest BCUT2D eigenvalue weighted by Gasteiger charge is -1.89. The monoisotopic (exact) mass is 140 g/mol. The van der Waals surface area contributed by atoms with Gasteiger partial charge < -0.3 is 10.2 Å². The number of aryl methyl sites for hydroxylation is 1. The van der Waals surface area contributed by atoms with Gasteiger partial charge in [0, 0.05) is 0 Å². The molecule has 0 aliphatic carbocycles. The second kappa shape index (κ2) is 2.51. The molecule has 0 aromatic carbocycles. The lowest BCUT2D eigenvalue weighted by atomic mass is 10.3. The summed E-state index contributed by atoms with van der Waals surface area (Å²) in [5.74, 6) is -0.392. The Morgan fingerprint density at radius 3 is 3.00 bits per heavy atom. The van der Waals surface area contributed by atoms with E-state index in [4.69, 9.17) is 10.2 Å². The highest BCUT2D eigenvalue weighted by Gasteiger charge is 2.10. The largest absolute Gasteiger partial charge is 0.438 e. The van der Waals surface area contributed by atoms with Crippen LogP contribution in [0.15, 0.2) is 10.8 Å². The second-order valence-electron chi connectivity index (χ2n) is 1.85. The van der Waals surface area contributed by atoms with Gasteiger partial charge in [0.1, 0.15) is 0 Å². The number of hydrogen-bond donors (Lipinski definition) is 1. The maximum Gasteiger partial charge on any atom is 0.286 e. The van der Waals surface area contributed by atoms with E-state index in [1.807, 2.05) is 6.92 Å². The van der Waals surface area contributed by atoms with E-state index >= 15 is 0 Å². The number of nitrogens with two attached hydrogens (primary N) is 1. The van der Waals surface area contributed by atoms with E-state index < -0.39 is 5.91 Å². The standard InChI is InChI=1S/C6H8N2O2/c1-2-4-5(6(7)9)10-3-8-4/h3H,2H2,1H3,(H2,7,9). The average Bonchev–Trinajstić information content (AvgIpc) is 2.33. The first kappa shape index (κ1) is 6.80. The van der Waals surface area contributed by atoms with Crippen molar-refractivity contribution in [1.82, 2.24) is 4.98 Å². The molecule has 0 aliphatic rings. The highest BCUT2D eigenvalue weighted by Crippen LogP contribution is 2.05. The Balaban J connectivity index is 3.01. The van der Waals surface area contributed by atoms with Gasteiger partial charge >= 0.3 is 0 Å². The molecule has 0 aliphatic heterocycles. The average molecular weight is 140 g/mol. The Labute approximate surface area is 58.0 Å². The van der Waals surface area contributed by atoms with E-state index in [0.717, 1.165) is 0 Å². The normalized spacial score (nSPS) is 9.70. The number of primary amides is 1. The lowest BCUT2D eigenvalue weighted by molar-refractivity contribution is 0.0972. The van der Waals surface area contributed by atoms with Gasteiger partial charge in [-0.25, -0.2) is 4.98 Å². The Morgan fingerprint density at radius 1 is 1.90 bits per heavy atom. The van der Waals surface area contributed by atoms with E-state index in [1.165, 1.54) is 6.39 Å². The Hall–Kier alpha value is -1.32. The first-order valence-electron chi connectivity index (χ1n) is 2.98. The molecule has 1 aromatic heterocycles. The van der Waals surface area contributed by atoms with E-state index in [0.29, 0.717) is 12.1 Å². The van der Waals surface area contributed by atoms with Crippen LogP contribution in [0.3, 0.4) is 0 Å². The molecular weight excluding hydrogens is 132 g/mol. The van der Waals surface area contributed by atoms with Crippen molar-refractivity contribution in [2.24, 2.45) is 5.73 Å². The van der Waals surface area contributed by atoms with Crippen molar-refractivity contribution in [3.05, 3.63) is 17.8 Å². The molecular formula is C6H8N2O2. The van der Waals surface area contributed by atoms with E-state index in [2.05, 4.69) is 4.98 Å². The van der Waals surface area contributed by atoms with Gasteiger partial charge in [-0.15, -0.1) is 0 Å². The van der Waals surface area contributed by atoms with Crippen LogP contribution in [0.5, 0.6) is 0 Å². The maximum atomic E-state index is 10.5. The van der Waals surface area contributed by atoms with Gasteiger partial charge in [0.05, 0.1) is 5.69 Å². The van der Waals surface area contributed by atoms with Gasteiger partial charge in [-0.1, -0.05) is 6.92 Å². The van der Waals surface area contributed by atoms with Crippen LogP contribution in [0, 0.1) is 0 Å². The predicted octanol–water partition coefficient (Wildman–Crippen LogP) is 0.336. The summed E-state index contributed by atoms with van der Waals surface area (Å²) in [6.45, 7) is 1.88. The van der Waals surface area contributed by atoms with Crippen LogP contribution in [-0.2, 0) is 6.42 Å². The minimum atomic E-state index is -0.561. The quantitative estimate of drug-likeness (QED) is 0.643. The molecule has 2 N–H and O–H groups in total. The van der Waals surface area contributed by atoms with Gasteiger partial charge in [0.25, 0.3) is 5.91 Å². The predicted molar refractivity (Wildman–Crippen MR) is 34.4 cm³/mol. The smallest absolute Gasteiger partial charge is 0.286 e. The number of carbonyl (C=O) groups excluding carboxylic acids is 1. The van der Waals surface area contributed by atoms with E-state index in [-0.39, 0.29) is 5.76 Å². The molecule has 0 bridgehead atoms. The van der Waals surface area contributed by atoms with Crippen LogP contribution in [0.25, 0.3) is 0 Å². The van der Waals surface area contributed by atoms with E-state index in [9.17, 15) is 4.79 Å². The molecule has 4 nitrogen and oxygen atoms in total. The Kier molecular flexibility index (Phi) is 1.71. The summed E-state index contributed by atoms with van der Waals surface area (Å²) in [5, 5.41) is 0. The fraction of sp³-hybridized carbons (Fsp3) is 0.333. The van der Waals surface area contributed by atoms with Crippen molar-refractivity contribution in [2.75, 3.05) is 0 Å². The van der Waals surface area contributed by atoms with Gasteiger partial charge in [0.15, 0.2) is 6.39 Å². The lowest BCUT2D eigenvalue weighted by Crippen LogP contribution is -2.11. The van der Waals surface area contributed by atoms with Crippen molar-refractivity contribution < 1.29 is 9.21 Å². The molecule has 0 radical (unpaired) electrons. The molecule has 54 valence electrons. The summed E-state index contributed by atoms with van der Waals surface area (Å²) < 4.78 is 4.73. The maximum absolute atomic E-state index is 10.5. The van der Waals surface area contributed by atoms with Crippen molar-refractivity contribution in [3.63, 3.8) is 0 Å². The molecule has 1 heterocycles. The zero-order valence-electron chi connectivity index (χ0n) is 5.63. The van der Waals surface area contributed by atoms with Gasteiger partial charge in [-0.3, -0.25) is 4.79 Å². The topological polar surface area (TPSA) is 69.1 Å². The first-order chi connectivity index (χ1) is 4.75. The molecule has 0 unspecified atom stereocenters. The second-order valence-corrected chi connectivity index (χ2v) is 1.85. The summed E-state index contributed by atoms with van der Waals surface area (Å²) in [6, 6.07) is 0. The summed E-state index contributed by atoms with van der Waals surface area (Å²) in [6.07, 6.45) is 1.88. The van der Waals surface area contributed by atoms with Crippen molar-refractivity contribution in [3.8, 4) is 0 Å². The van der Waals surface area contributed by atoms with Crippen LogP contribution in [-0.4, -0.2) is 10.9 Å². The molecule has 4 heteroatoms. The molecule has 1 aromatic rings. The van der Waals surface area contributed by atoms with Gasteiger partial charge in [-0.05, 0) is 6.42 Å². The minimum Gasteiger partial charge on any atom is -0.438 e. The molecule has 10 heavy (non-hydrogen) atoms. The summed E-state index contributed by atoms with van der Waals surface area (Å²) in [5.41, 5.74) is 5.58. The number of rotatable bonds is 2. The van der Waals surface area contributed by atoms with Crippen molar-refractivity contribution in [2.45, 2.75) is 13.3 Å². The van der Waals surface area contributed by atoms with E-state index in [1.54, 1.807) is 0 Å². The summed E-state index contributed by atoms with van der Waals surface area (Å²) in [4.78, 5) is 14.3. The number of nitrogens with zero attached hydrogens (tertiary/aromatic N) is 1. The Bertz CT molecular complexity index is 242. The third-order valence-corrected chi connectivity index (χ3v) is 1.20. The SMILES string of the molecule is CCc1ncoc1C(N)=O. The molecule has 0 saturated carbocycles. The molecule has 0 fully saturated rings. The van der Waals surface area contributed by atoms with Crippen LogP contribution in [0.1, 0.15) is 23.2 Å². The number of hydrogen-bond acceptors (Lipinski definition) is 3. The molecule has 0 spiro atoms. The molecule has 1 amide bonds. The number of amides is 1. The Morgan fingerprint density at radius 2 is 2.60 bits per heavy atom. The number of aromatic nitrogens is 1. The van der Waals surface area contributed by atoms with Crippen LogP contribution in [0.2, 0.25) is 0 Å². The van der Waals surface area contributed by atoms with Crippen molar-refractivity contribution in [1.29, 1.82) is 0 Å². The highest BCUT2D eigenvalue weighted by atomic mass is 16.3. The fourth-order valence-electron chi connectivity index (χ4n) is 0.721. The van der Waals surface area contributed by atoms with Crippen LogP contribution in [0.4, 0.5) is 0 Å². The minimum absolute atomic E-state index is 0.169. The van der Waals surface area contributed by atoms with Crippen LogP contribution < -0.4 is 5.73 Å². The number of carbonyl (C=O) groups is 1. The molecule has 1 rings (SSSR count). The van der Waals surface area contributed by atoms with Gasteiger partial charge in [0.2, 0.25) is 5.76 Å². The first-order valence-corrected chi connectivity index (χ1v) is 2.98. The van der Waals surface area contributed by atoms with Crippen molar-refractivity contribution >= 4 is 5.91 Å². The number of oxazole rings is 1. The summed E-state index contributed by atoms with van der Waals surface area (Å²) in [7, 11) is 0. The third kappa shape index (κ3) is 1.00. The zero-order valence-corrected chi connectivity index (χ0v) is 5.63. The third-order valence-electron chi connectivity index (χ3n) is 1.20. The van der Waals surface area contributed by atoms with Gasteiger partial charge in [-0.2, -0.15) is 0 Å². The molecule has 0 atom stereocenters. The fourth-order valence-corrected chi connectivity index (χ4v) is 0.721. The zero-order chi connectivity index (χ0) is 7.56. The highest BCUT2D eigenvalue weighted by molar-refractivity contribution is 5.90. The molecule has 0 saturated heterocycles. The summed E-state index contributed by atoms with van der Waals surface area (Å²) >= 11 is 0. The van der Waals surface area contributed by atoms with Crippen LogP contribution >= 0.6 is 0 Å².